The molecule has 0 saturated carbocycles. The number of carboxylic acids is 1. The lowest BCUT2D eigenvalue weighted by molar-refractivity contribution is -0.131. The van der Waals surface area contributed by atoms with E-state index in [-0.39, 0.29) is 11.4 Å². The molecule has 6 heteroatoms. The summed E-state index contributed by atoms with van der Waals surface area (Å²) < 4.78 is 25.5. The number of carboxylic acid groups (broad SMARTS) is 1. The quantitative estimate of drug-likeness (QED) is 0.755. The van der Waals surface area contributed by atoms with Crippen molar-refractivity contribution in [2.75, 3.05) is 0 Å². The monoisotopic (exact) mass is 202 g/mol. The fourth-order valence-electron chi connectivity index (χ4n) is 0.947. The Hall–Kier alpha value is -1.72. The summed E-state index contributed by atoms with van der Waals surface area (Å²) >= 11 is 0. The minimum atomic E-state index is -2.61. The number of aryl methyl sites for hydroxylation is 1. The molecule has 1 aromatic heterocycles. The van der Waals surface area contributed by atoms with Crippen molar-refractivity contribution in [1.29, 1.82) is 0 Å². The second kappa shape index (κ2) is 3.99. The third-order valence-corrected chi connectivity index (χ3v) is 1.56. The van der Waals surface area contributed by atoms with Gasteiger partial charge < -0.3 is 5.11 Å². The molecule has 4 nitrogen and oxygen atoms in total. The Balaban J connectivity index is 2.91. The maximum Gasteiger partial charge on any atom is 0.328 e. The van der Waals surface area contributed by atoms with Crippen LogP contribution in [-0.4, -0.2) is 20.9 Å². The molecule has 0 amide bonds. The average Bonchev–Trinajstić information content (AvgIpc) is 2.43. The summed E-state index contributed by atoms with van der Waals surface area (Å²) in [7, 11) is 1.37. The van der Waals surface area contributed by atoms with Gasteiger partial charge in [-0.1, -0.05) is 0 Å². The minimum absolute atomic E-state index is 0.199. The standard InChI is InChI=1S/C8H8F2N2O2/c1-12-6(8(9)10)4-5(11-12)2-3-7(13)14/h2-4,8H,1H3,(H,13,14). The second-order valence-corrected chi connectivity index (χ2v) is 2.59. The maximum atomic E-state index is 12.2. The highest BCUT2D eigenvalue weighted by atomic mass is 19.3. The first kappa shape index (κ1) is 10.4. The SMILES string of the molecule is Cn1nc(C=CC(=O)O)cc1C(F)F. The van der Waals surface area contributed by atoms with Crippen LogP contribution in [0.2, 0.25) is 0 Å². The van der Waals surface area contributed by atoms with Gasteiger partial charge >= 0.3 is 5.97 Å². The molecule has 0 unspecified atom stereocenters. The largest absolute Gasteiger partial charge is 0.478 e. The van der Waals surface area contributed by atoms with Gasteiger partial charge in [0, 0.05) is 13.1 Å². The number of nitrogens with zero attached hydrogens (tertiary/aromatic N) is 2. The molecule has 14 heavy (non-hydrogen) atoms. The molecule has 1 N–H and O–H groups in total. The summed E-state index contributed by atoms with van der Waals surface area (Å²) in [6.45, 7) is 0. The van der Waals surface area contributed by atoms with E-state index in [4.69, 9.17) is 5.11 Å². The summed E-state index contributed by atoms with van der Waals surface area (Å²) in [4.78, 5) is 10.1. The number of halogens is 2. The molecule has 76 valence electrons. The summed E-state index contributed by atoms with van der Waals surface area (Å²) in [6, 6.07) is 1.14. The summed E-state index contributed by atoms with van der Waals surface area (Å²) in [5.74, 6) is -1.14. The number of hydrogen-bond acceptors (Lipinski definition) is 2. The molecule has 1 aromatic rings. The number of aromatic nitrogens is 2. The summed E-state index contributed by atoms with van der Waals surface area (Å²) in [6.07, 6.45) is -0.606. The van der Waals surface area contributed by atoms with Gasteiger partial charge in [0.2, 0.25) is 0 Å². The van der Waals surface area contributed by atoms with Crippen LogP contribution in [0.4, 0.5) is 8.78 Å². The summed E-state index contributed by atoms with van der Waals surface area (Å²) in [5.41, 5.74) is -0.0414. The molecule has 0 radical (unpaired) electrons. The van der Waals surface area contributed by atoms with Crippen LogP contribution in [0.5, 0.6) is 0 Å². The molecule has 0 aliphatic carbocycles. The van der Waals surface area contributed by atoms with Gasteiger partial charge in [-0.2, -0.15) is 5.10 Å². The first-order valence-electron chi connectivity index (χ1n) is 3.74. The normalized spacial score (nSPS) is 11.4. The van der Waals surface area contributed by atoms with Crippen molar-refractivity contribution in [2.45, 2.75) is 6.43 Å². The van der Waals surface area contributed by atoms with Crippen molar-refractivity contribution in [1.82, 2.24) is 9.78 Å². The van der Waals surface area contributed by atoms with Gasteiger partial charge in [-0.3, -0.25) is 4.68 Å². The van der Waals surface area contributed by atoms with E-state index in [0.29, 0.717) is 0 Å². The average molecular weight is 202 g/mol. The third kappa shape index (κ3) is 2.38. The Morgan fingerprint density at radius 3 is 2.79 bits per heavy atom. The van der Waals surface area contributed by atoms with Crippen LogP contribution in [0, 0.1) is 0 Å². The highest BCUT2D eigenvalue weighted by Crippen LogP contribution is 2.19. The Bertz CT molecular complexity index is 371. The molecule has 1 heterocycles. The fraction of sp³-hybridized carbons (Fsp3) is 0.250. The molecule has 0 aliphatic heterocycles. The van der Waals surface area contributed by atoms with Gasteiger partial charge in [-0.05, 0) is 12.1 Å². The molecule has 0 fully saturated rings. The van der Waals surface area contributed by atoms with Crippen LogP contribution in [0.1, 0.15) is 17.8 Å². The lowest BCUT2D eigenvalue weighted by Crippen LogP contribution is -1.97. The van der Waals surface area contributed by atoms with Gasteiger partial charge in [-0.25, -0.2) is 13.6 Å². The molecule has 0 aliphatic rings. The molecule has 1 rings (SSSR count). The Morgan fingerprint density at radius 2 is 2.36 bits per heavy atom. The van der Waals surface area contributed by atoms with Crippen LogP contribution in [0.3, 0.4) is 0 Å². The summed E-state index contributed by atoms with van der Waals surface area (Å²) in [5, 5.41) is 12.0. The molecule has 0 atom stereocenters. The van der Waals surface area contributed by atoms with E-state index in [0.717, 1.165) is 22.9 Å². The first-order valence-corrected chi connectivity index (χ1v) is 3.74. The third-order valence-electron chi connectivity index (χ3n) is 1.56. The smallest absolute Gasteiger partial charge is 0.328 e. The predicted molar refractivity (Wildman–Crippen MR) is 44.8 cm³/mol. The van der Waals surface area contributed by atoms with Crippen molar-refractivity contribution >= 4 is 12.0 Å². The van der Waals surface area contributed by atoms with Crippen LogP contribution in [0.15, 0.2) is 12.1 Å². The van der Waals surface area contributed by atoms with E-state index in [9.17, 15) is 13.6 Å². The van der Waals surface area contributed by atoms with E-state index < -0.39 is 12.4 Å². The zero-order chi connectivity index (χ0) is 10.7. The molecular formula is C8H8F2N2O2. The van der Waals surface area contributed by atoms with E-state index in [1.807, 2.05) is 0 Å². The molecule has 0 spiro atoms. The number of rotatable bonds is 3. The minimum Gasteiger partial charge on any atom is -0.478 e. The number of carbonyl (C=O) groups is 1. The Morgan fingerprint density at radius 1 is 1.71 bits per heavy atom. The molecule has 0 aromatic carbocycles. The number of hydrogen-bond donors (Lipinski definition) is 1. The van der Waals surface area contributed by atoms with Crippen molar-refractivity contribution in [2.24, 2.45) is 7.05 Å². The van der Waals surface area contributed by atoms with Crippen molar-refractivity contribution in [3.05, 3.63) is 23.5 Å². The van der Waals surface area contributed by atoms with Crippen LogP contribution < -0.4 is 0 Å². The van der Waals surface area contributed by atoms with E-state index in [1.165, 1.54) is 7.05 Å². The Kier molecular flexibility index (Phi) is 2.95. The van der Waals surface area contributed by atoms with E-state index in [1.54, 1.807) is 0 Å². The lowest BCUT2D eigenvalue weighted by atomic mass is 10.3. The highest BCUT2D eigenvalue weighted by molar-refractivity contribution is 5.84. The van der Waals surface area contributed by atoms with Crippen LogP contribution in [-0.2, 0) is 11.8 Å². The van der Waals surface area contributed by atoms with Gasteiger partial charge in [0.15, 0.2) is 0 Å². The zero-order valence-electron chi connectivity index (χ0n) is 7.32. The first-order chi connectivity index (χ1) is 6.50. The van der Waals surface area contributed by atoms with Crippen molar-refractivity contribution < 1.29 is 18.7 Å². The molecule has 0 saturated heterocycles. The highest BCUT2D eigenvalue weighted by Gasteiger charge is 2.12. The van der Waals surface area contributed by atoms with Crippen LogP contribution >= 0.6 is 0 Å². The molecule has 0 bridgehead atoms. The van der Waals surface area contributed by atoms with Gasteiger partial charge in [-0.15, -0.1) is 0 Å². The number of aliphatic carboxylic acids is 1. The van der Waals surface area contributed by atoms with Crippen molar-refractivity contribution in [3.63, 3.8) is 0 Å². The predicted octanol–water partition coefficient (Wildman–Crippen LogP) is 1.46. The molecular weight excluding hydrogens is 194 g/mol. The topological polar surface area (TPSA) is 55.1 Å². The lowest BCUT2D eigenvalue weighted by Gasteiger charge is -1.96. The fourth-order valence-corrected chi connectivity index (χ4v) is 0.947. The number of alkyl halides is 2. The van der Waals surface area contributed by atoms with Gasteiger partial charge in [0.05, 0.1) is 5.69 Å². The van der Waals surface area contributed by atoms with Gasteiger partial charge in [0.25, 0.3) is 6.43 Å². The van der Waals surface area contributed by atoms with Crippen molar-refractivity contribution in [3.8, 4) is 0 Å². The van der Waals surface area contributed by atoms with Crippen LogP contribution in [0.25, 0.3) is 6.08 Å². The second-order valence-electron chi connectivity index (χ2n) is 2.59. The van der Waals surface area contributed by atoms with E-state index in [2.05, 4.69) is 5.10 Å². The Labute approximate surface area is 78.5 Å². The zero-order valence-corrected chi connectivity index (χ0v) is 7.32. The van der Waals surface area contributed by atoms with Gasteiger partial charge in [0.1, 0.15) is 5.69 Å². The van der Waals surface area contributed by atoms with E-state index >= 15 is 0 Å². The maximum absolute atomic E-state index is 12.2.